The largest absolute Gasteiger partial charge is 0.415 e. The molecule has 0 saturated carbocycles. The molecule has 2 nitrogen and oxygen atoms in total. The van der Waals surface area contributed by atoms with E-state index < -0.39 is 14.4 Å². The van der Waals surface area contributed by atoms with Crippen LogP contribution in [-0.4, -0.2) is 26.1 Å². The molecule has 3 heteroatoms. The molecule has 0 aliphatic rings. The van der Waals surface area contributed by atoms with E-state index in [0.717, 1.165) is 0 Å². The predicted molar refractivity (Wildman–Crippen MR) is 87.0 cm³/mol. The summed E-state index contributed by atoms with van der Waals surface area (Å²) in [7, 11) is -1.86. The summed E-state index contributed by atoms with van der Waals surface area (Å²) < 4.78 is 6.54. The molecule has 1 N–H and O–H groups in total. The summed E-state index contributed by atoms with van der Waals surface area (Å²) in [5.41, 5.74) is 1.33. The van der Waals surface area contributed by atoms with E-state index in [-0.39, 0.29) is 5.41 Å². The minimum Gasteiger partial charge on any atom is -0.415 e. The summed E-state index contributed by atoms with van der Waals surface area (Å²) in [4.78, 5) is 0. The van der Waals surface area contributed by atoms with Gasteiger partial charge in [-0.25, -0.2) is 0 Å². The third-order valence-electron chi connectivity index (χ3n) is 4.76. The first-order chi connectivity index (χ1) is 8.54. The molecule has 19 heavy (non-hydrogen) atoms. The van der Waals surface area contributed by atoms with Crippen molar-refractivity contribution >= 4 is 8.32 Å². The van der Waals surface area contributed by atoms with Crippen LogP contribution in [0.25, 0.3) is 0 Å². The van der Waals surface area contributed by atoms with Gasteiger partial charge in [0.2, 0.25) is 0 Å². The minimum atomic E-state index is -1.86. The Hall–Kier alpha value is -0.123. The average Bonchev–Trinajstić information content (AvgIpc) is 2.27. The van der Waals surface area contributed by atoms with Crippen LogP contribution in [0.1, 0.15) is 55.4 Å². The Kier molecular flexibility index (Phi) is 7.00. The number of hydrogen-bond donors (Lipinski definition) is 1. The molecule has 114 valence electrons. The van der Waals surface area contributed by atoms with E-state index in [2.05, 4.69) is 48.1 Å². The summed E-state index contributed by atoms with van der Waals surface area (Å²) in [6.45, 7) is 21.9. The number of rotatable bonds is 8. The molecule has 0 aromatic heterocycles. The van der Waals surface area contributed by atoms with Gasteiger partial charge in [-0.1, -0.05) is 54.5 Å². The maximum atomic E-state index is 9.95. The van der Waals surface area contributed by atoms with Gasteiger partial charge in [0, 0.05) is 12.0 Å². The minimum absolute atomic E-state index is 0.364. The maximum Gasteiger partial charge on any atom is 0.200 e. The molecule has 0 radical (unpaired) electrons. The molecule has 0 unspecified atom stereocenters. The van der Waals surface area contributed by atoms with Gasteiger partial charge in [-0.2, -0.15) is 0 Å². The van der Waals surface area contributed by atoms with Crippen LogP contribution in [0.4, 0.5) is 0 Å². The van der Waals surface area contributed by atoms with Gasteiger partial charge >= 0.3 is 0 Å². The zero-order valence-electron chi connectivity index (χ0n) is 14.2. The van der Waals surface area contributed by atoms with Crippen molar-refractivity contribution in [2.45, 2.75) is 78.1 Å². The lowest BCUT2D eigenvalue weighted by Crippen LogP contribution is -2.50. The first-order valence-corrected chi connectivity index (χ1v) is 9.64. The Morgan fingerprint density at radius 2 is 1.42 bits per heavy atom. The van der Waals surface area contributed by atoms with Crippen molar-refractivity contribution in [1.29, 1.82) is 0 Å². The number of aliphatic hydroxyl groups is 1. The lowest BCUT2D eigenvalue weighted by atomic mass is 9.86. The van der Waals surface area contributed by atoms with Crippen LogP contribution in [-0.2, 0) is 4.43 Å². The fourth-order valence-electron chi connectivity index (χ4n) is 3.13. The van der Waals surface area contributed by atoms with Gasteiger partial charge in [0.25, 0.3) is 0 Å². The molecule has 0 aromatic rings. The molecule has 0 aliphatic heterocycles. The first kappa shape index (κ1) is 18.9. The molecular formula is C16H34O2Si. The van der Waals surface area contributed by atoms with Gasteiger partial charge in [0.15, 0.2) is 8.32 Å². The van der Waals surface area contributed by atoms with E-state index in [4.69, 9.17) is 4.43 Å². The molecule has 0 rings (SSSR count). The summed E-state index contributed by atoms with van der Waals surface area (Å²) in [6.07, 6.45) is 1.39. The second-order valence-corrected chi connectivity index (χ2v) is 12.5. The van der Waals surface area contributed by atoms with Gasteiger partial charge in [-0.05, 0) is 23.5 Å². The van der Waals surface area contributed by atoms with Gasteiger partial charge in [-0.15, -0.1) is 6.58 Å². The van der Waals surface area contributed by atoms with Gasteiger partial charge in [-0.3, -0.25) is 0 Å². The molecule has 0 heterocycles. The summed E-state index contributed by atoms with van der Waals surface area (Å²) in [5.74, 6) is 0. The second-order valence-electron chi connectivity index (χ2n) is 6.99. The van der Waals surface area contributed by atoms with Crippen molar-refractivity contribution in [1.82, 2.24) is 0 Å². The van der Waals surface area contributed by atoms with Gasteiger partial charge < -0.3 is 9.53 Å². The van der Waals surface area contributed by atoms with Crippen LogP contribution in [0.5, 0.6) is 0 Å². The van der Waals surface area contributed by atoms with Crippen LogP contribution < -0.4 is 0 Å². The van der Waals surface area contributed by atoms with Crippen molar-refractivity contribution in [2.24, 2.45) is 5.41 Å². The average molecular weight is 287 g/mol. The van der Waals surface area contributed by atoms with Crippen LogP contribution in [0.15, 0.2) is 12.7 Å². The highest BCUT2D eigenvalue weighted by Gasteiger charge is 2.46. The van der Waals surface area contributed by atoms with Crippen LogP contribution in [0, 0.1) is 5.41 Å². The zero-order chi connectivity index (χ0) is 15.4. The van der Waals surface area contributed by atoms with Crippen molar-refractivity contribution in [2.75, 3.05) is 6.61 Å². The SMILES string of the molecule is C=C[C@@](C)(CO[Si](C(C)C)(C(C)C)C(C)C)[C@H](C)O. The Bertz CT molecular complexity index is 263. The van der Waals surface area contributed by atoms with E-state index in [9.17, 15) is 5.11 Å². The van der Waals surface area contributed by atoms with Crippen LogP contribution >= 0.6 is 0 Å². The highest BCUT2D eigenvalue weighted by Crippen LogP contribution is 2.43. The lowest BCUT2D eigenvalue weighted by Gasteiger charge is -2.44. The number of hydrogen-bond acceptors (Lipinski definition) is 2. The fraction of sp³-hybridized carbons (Fsp3) is 0.875. The molecule has 0 fully saturated rings. The second kappa shape index (κ2) is 7.05. The molecule has 0 amide bonds. The molecule has 0 aromatic carbocycles. The van der Waals surface area contributed by atoms with Crippen molar-refractivity contribution in [3.8, 4) is 0 Å². The van der Waals surface area contributed by atoms with Crippen molar-refractivity contribution in [3.63, 3.8) is 0 Å². The Morgan fingerprint density at radius 3 is 1.63 bits per heavy atom. The summed E-state index contributed by atoms with van der Waals surface area (Å²) in [6, 6.07) is 0. The third-order valence-corrected chi connectivity index (χ3v) is 10.8. The highest BCUT2D eigenvalue weighted by molar-refractivity contribution is 6.77. The van der Waals surface area contributed by atoms with Crippen molar-refractivity contribution in [3.05, 3.63) is 12.7 Å². The highest BCUT2D eigenvalue weighted by atomic mass is 28.4. The van der Waals surface area contributed by atoms with E-state index in [1.165, 1.54) is 0 Å². The van der Waals surface area contributed by atoms with E-state index in [1.807, 2.05) is 19.9 Å². The van der Waals surface area contributed by atoms with Gasteiger partial charge in [0.1, 0.15) is 0 Å². The fourth-order valence-corrected chi connectivity index (χ4v) is 8.69. The predicted octanol–water partition coefficient (Wildman–Crippen LogP) is 4.75. The van der Waals surface area contributed by atoms with E-state index in [0.29, 0.717) is 23.2 Å². The molecule has 2 atom stereocenters. The van der Waals surface area contributed by atoms with E-state index in [1.54, 1.807) is 0 Å². The Morgan fingerprint density at radius 1 is 1.05 bits per heavy atom. The standard InChI is InChI=1S/C16H34O2Si/c1-10-16(9,15(8)17)11-18-19(12(2)3,13(4)5)14(6)7/h10,12-15,17H,1,11H2,2-9H3/t15-,16-/m0/s1. The number of aliphatic hydroxyl groups excluding tert-OH is 1. The van der Waals surface area contributed by atoms with Crippen LogP contribution in [0.2, 0.25) is 16.6 Å². The summed E-state index contributed by atoms with van der Waals surface area (Å²) in [5, 5.41) is 9.95. The molecule has 0 aliphatic carbocycles. The van der Waals surface area contributed by atoms with Crippen LogP contribution in [0.3, 0.4) is 0 Å². The lowest BCUT2D eigenvalue weighted by molar-refractivity contribution is 0.0434. The van der Waals surface area contributed by atoms with Gasteiger partial charge in [0.05, 0.1) is 6.10 Å². The molecular weight excluding hydrogens is 252 g/mol. The molecule has 0 saturated heterocycles. The third kappa shape index (κ3) is 3.93. The molecule has 0 bridgehead atoms. The van der Waals surface area contributed by atoms with Crippen molar-refractivity contribution < 1.29 is 9.53 Å². The Labute approximate surface area is 121 Å². The quantitative estimate of drug-likeness (QED) is 0.515. The summed E-state index contributed by atoms with van der Waals surface area (Å²) >= 11 is 0. The Balaban J connectivity index is 5.21. The normalized spacial score (nSPS) is 17.9. The monoisotopic (exact) mass is 286 g/mol. The topological polar surface area (TPSA) is 29.5 Å². The zero-order valence-corrected chi connectivity index (χ0v) is 15.2. The molecule has 0 spiro atoms. The maximum absolute atomic E-state index is 9.95. The first-order valence-electron chi connectivity index (χ1n) is 7.50. The van der Waals surface area contributed by atoms with E-state index >= 15 is 0 Å². The smallest absolute Gasteiger partial charge is 0.200 e.